The maximum absolute atomic E-state index is 9.43. The average Bonchev–Trinajstić information content (AvgIpc) is 3.21. The average molecular weight is 332 g/mol. The zero-order valence-corrected chi connectivity index (χ0v) is 14.1. The van der Waals surface area contributed by atoms with Gasteiger partial charge in [-0.3, -0.25) is 0 Å². The summed E-state index contributed by atoms with van der Waals surface area (Å²) in [5.74, 6) is 1.98. The standard InChI is InChI=1S/C18H24N2O4/c1-12-5-16(24-20-12)7-15-10-23-11-17(15)19-8-13-3-4-18(22-2)14(6-13)9-21/h3-6,15,17,19,21H,7-11H2,1-2H3/t15-,17-/m1/s1. The van der Waals surface area contributed by atoms with Gasteiger partial charge in [-0.1, -0.05) is 11.2 Å². The molecule has 0 amide bonds. The van der Waals surface area contributed by atoms with Crippen molar-refractivity contribution in [2.24, 2.45) is 5.92 Å². The Morgan fingerprint density at radius 3 is 2.92 bits per heavy atom. The van der Waals surface area contributed by atoms with Crippen molar-refractivity contribution >= 4 is 0 Å². The predicted molar refractivity (Wildman–Crippen MR) is 88.8 cm³/mol. The zero-order chi connectivity index (χ0) is 16.9. The molecule has 1 aliphatic rings. The van der Waals surface area contributed by atoms with Gasteiger partial charge >= 0.3 is 0 Å². The first-order valence-corrected chi connectivity index (χ1v) is 8.19. The quantitative estimate of drug-likeness (QED) is 0.805. The molecular weight excluding hydrogens is 308 g/mol. The largest absolute Gasteiger partial charge is 0.496 e. The minimum Gasteiger partial charge on any atom is -0.496 e. The van der Waals surface area contributed by atoms with Gasteiger partial charge in [0.15, 0.2) is 0 Å². The van der Waals surface area contributed by atoms with Crippen LogP contribution in [0.3, 0.4) is 0 Å². The Morgan fingerprint density at radius 1 is 1.33 bits per heavy atom. The van der Waals surface area contributed by atoms with Crippen molar-refractivity contribution in [1.29, 1.82) is 0 Å². The highest BCUT2D eigenvalue weighted by molar-refractivity contribution is 5.36. The lowest BCUT2D eigenvalue weighted by Gasteiger charge is -2.18. The molecule has 2 aromatic rings. The van der Waals surface area contributed by atoms with E-state index in [1.807, 2.05) is 31.2 Å². The third kappa shape index (κ3) is 3.95. The van der Waals surface area contributed by atoms with Crippen molar-refractivity contribution in [1.82, 2.24) is 10.5 Å². The summed E-state index contributed by atoms with van der Waals surface area (Å²) in [6.07, 6.45) is 0.822. The van der Waals surface area contributed by atoms with Crippen LogP contribution in [-0.2, 0) is 24.3 Å². The summed E-state index contributed by atoms with van der Waals surface area (Å²) >= 11 is 0. The first kappa shape index (κ1) is 17.0. The number of aliphatic hydroxyl groups excluding tert-OH is 1. The lowest BCUT2D eigenvalue weighted by Crippen LogP contribution is -2.36. The molecular formula is C18H24N2O4. The number of methoxy groups -OCH3 is 1. The van der Waals surface area contributed by atoms with Crippen molar-refractivity contribution < 1.29 is 19.1 Å². The van der Waals surface area contributed by atoms with Crippen LogP contribution in [0.15, 0.2) is 28.8 Å². The minimum absolute atomic E-state index is 0.0307. The monoisotopic (exact) mass is 332 g/mol. The Kier molecular flexibility index (Phi) is 5.50. The van der Waals surface area contributed by atoms with Gasteiger partial charge in [-0.05, 0) is 24.6 Å². The molecule has 2 atom stereocenters. The second-order valence-corrected chi connectivity index (χ2v) is 6.23. The van der Waals surface area contributed by atoms with Gasteiger partial charge in [0.2, 0.25) is 0 Å². The molecule has 2 heterocycles. The summed E-state index contributed by atoms with van der Waals surface area (Å²) in [4.78, 5) is 0. The van der Waals surface area contributed by atoms with Crippen LogP contribution in [0.5, 0.6) is 5.75 Å². The number of aliphatic hydroxyl groups is 1. The maximum atomic E-state index is 9.43. The normalized spacial score (nSPS) is 20.5. The van der Waals surface area contributed by atoms with E-state index in [0.717, 1.165) is 42.2 Å². The van der Waals surface area contributed by atoms with E-state index in [-0.39, 0.29) is 12.6 Å². The van der Waals surface area contributed by atoms with Gasteiger partial charge in [0, 0.05) is 36.6 Å². The minimum atomic E-state index is -0.0307. The van der Waals surface area contributed by atoms with Crippen molar-refractivity contribution in [2.75, 3.05) is 20.3 Å². The van der Waals surface area contributed by atoms with Gasteiger partial charge in [0.25, 0.3) is 0 Å². The summed E-state index contributed by atoms with van der Waals surface area (Å²) in [7, 11) is 1.61. The second kappa shape index (κ2) is 7.79. The highest BCUT2D eigenvalue weighted by atomic mass is 16.5. The number of hydrogen-bond donors (Lipinski definition) is 2. The summed E-state index contributed by atoms with van der Waals surface area (Å²) in [5, 5.41) is 16.9. The van der Waals surface area contributed by atoms with E-state index in [0.29, 0.717) is 18.3 Å². The van der Waals surface area contributed by atoms with Crippen molar-refractivity contribution in [3.05, 3.63) is 46.8 Å². The first-order chi connectivity index (χ1) is 11.7. The molecule has 130 valence electrons. The fraction of sp³-hybridized carbons (Fsp3) is 0.500. The Hall–Kier alpha value is -1.89. The van der Waals surface area contributed by atoms with Crippen LogP contribution >= 0.6 is 0 Å². The molecule has 0 spiro atoms. The SMILES string of the molecule is COc1ccc(CN[C@@H]2COC[C@H]2Cc2cc(C)no2)cc1CO. The number of benzene rings is 1. The number of aromatic nitrogens is 1. The molecule has 1 aliphatic heterocycles. The van der Waals surface area contributed by atoms with Crippen LogP contribution in [-0.4, -0.2) is 36.6 Å². The van der Waals surface area contributed by atoms with Gasteiger partial charge in [0.1, 0.15) is 11.5 Å². The van der Waals surface area contributed by atoms with Crippen LogP contribution in [0.4, 0.5) is 0 Å². The van der Waals surface area contributed by atoms with E-state index < -0.39 is 0 Å². The van der Waals surface area contributed by atoms with Crippen LogP contribution in [0.25, 0.3) is 0 Å². The molecule has 1 aromatic heterocycles. The van der Waals surface area contributed by atoms with Crippen molar-refractivity contribution in [3.8, 4) is 5.75 Å². The number of aryl methyl sites for hydroxylation is 1. The molecule has 0 aliphatic carbocycles. The molecule has 1 aromatic carbocycles. The molecule has 0 radical (unpaired) electrons. The van der Waals surface area contributed by atoms with Gasteiger partial charge in [0.05, 0.1) is 32.6 Å². The van der Waals surface area contributed by atoms with E-state index in [1.54, 1.807) is 7.11 Å². The Bertz CT molecular complexity index is 671. The molecule has 0 bridgehead atoms. The number of nitrogens with zero attached hydrogens (tertiary/aromatic N) is 1. The third-order valence-corrected chi connectivity index (χ3v) is 4.42. The predicted octanol–water partition coefficient (Wildman–Crippen LogP) is 1.83. The summed E-state index contributed by atoms with van der Waals surface area (Å²) in [5.41, 5.74) is 2.82. The lowest BCUT2D eigenvalue weighted by molar-refractivity contribution is 0.181. The van der Waals surface area contributed by atoms with Crippen LogP contribution in [0.2, 0.25) is 0 Å². The molecule has 6 heteroatoms. The van der Waals surface area contributed by atoms with E-state index >= 15 is 0 Å². The molecule has 3 rings (SSSR count). The molecule has 1 fully saturated rings. The van der Waals surface area contributed by atoms with Gasteiger partial charge in [-0.2, -0.15) is 0 Å². The summed E-state index contributed by atoms with van der Waals surface area (Å²) in [6.45, 7) is 4.03. The van der Waals surface area contributed by atoms with Gasteiger partial charge < -0.3 is 24.4 Å². The first-order valence-electron chi connectivity index (χ1n) is 8.19. The van der Waals surface area contributed by atoms with E-state index in [9.17, 15) is 5.11 Å². The smallest absolute Gasteiger partial charge is 0.137 e. The van der Waals surface area contributed by atoms with Crippen LogP contribution in [0.1, 0.15) is 22.6 Å². The van der Waals surface area contributed by atoms with Crippen LogP contribution in [0, 0.1) is 12.8 Å². The number of hydrogen-bond acceptors (Lipinski definition) is 6. The topological polar surface area (TPSA) is 76.8 Å². The zero-order valence-electron chi connectivity index (χ0n) is 14.1. The lowest BCUT2D eigenvalue weighted by atomic mass is 9.98. The van der Waals surface area contributed by atoms with Crippen LogP contribution < -0.4 is 10.1 Å². The second-order valence-electron chi connectivity index (χ2n) is 6.23. The fourth-order valence-electron chi connectivity index (χ4n) is 3.11. The number of rotatable bonds is 7. The Balaban J connectivity index is 1.59. The summed E-state index contributed by atoms with van der Waals surface area (Å²) in [6, 6.07) is 8.12. The van der Waals surface area contributed by atoms with E-state index in [1.165, 1.54) is 0 Å². The Morgan fingerprint density at radius 2 is 2.21 bits per heavy atom. The Labute approximate surface area is 141 Å². The van der Waals surface area contributed by atoms with Crippen molar-refractivity contribution in [3.63, 3.8) is 0 Å². The molecule has 0 unspecified atom stereocenters. The number of nitrogens with one attached hydrogen (secondary N) is 1. The number of ether oxygens (including phenoxy) is 2. The molecule has 0 saturated carbocycles. The van der Waals surface area contributed by atoms with E-state index in [4.69, 9.17) is 14.0 Å². The highest BCUT2D eigenvalue weighted by Gasteiger charge is 2.29. The van der Waals surface area contributed by atoms with Gasteiger partial charge in [-0.15, -0.1) is 0 Å². The van der Waals surface area contributed by atoms with Gasteiger partial charge in [-0.25, -0.2) is 0 Å². The third-order valence-electron chi connectivity index (χ3n) is 4.42. The van der Waals surface area contributed by atoms with Crippen molar-refractivity contribution in [2.45, 2.75) is 32.5 Å². The van der Waals surface area contributed by atoms with E-state index in [2.05, 4.69) is 10.5 Å². The molecule has 1 saturated heterocycles. The molecule has 6 nitrogen and oxygen atoms in total. The fourth-order valence-corrected chi connectivity index (χ4v) is 3.11. The molecule has 24 heavy (non-hydrogen) atoms. The maximum Gasteiger partial charge on any atom is 0.137 e. The highest BCUT2D eigenvalue weighted by Crippen LogP contribution is 2.22. The molecule has 2 N–H and O–H groups in total. The summed E-state index contributed by atoms with van der Waals surface area (Å²) < 4.78 is 16.2.